The van der Waals surface area contributed by atoms with Gasteiger partial charge in [0.25, 0.3) is 5.69 Å². The monoisotopic (exact) mass is 267 g/mol. The highest BCUT2D eigenvalue weighted by Gasteiger charge is 2.19. The van der Waals surface area contributed by atoms with Gasteiger partial charge in [-0.2, -0.15) is 0 Å². The molecule has 1 amide bonds. The first kappa shape index (κ1) is 14.9. The van der Waals surface area contributed by atoms with Gasteiger partial charge in [0.15, 0.2) is 0 Å². The van der Waals surface area contributed by atoms with Crippen LogP contribution in [0.2, 0.25) is 0 Å². The first-order valence-corrected chi connectivity index (χ1v) is 5.94. The van der Waals surface area contributed by atoms with Crippen LogP contribution in [-0.2, 0) is 4.79 Å². The van der Waals surface area contributed by atoms with Crippen molar-refractivity contribution >= 4 is 17.3 Å². The number of nitrogens with one attached hydrogen (secondary N) is 2. The van der Waals surface area contributed by atoms with Gasteiger partial charge in [-0.05, 0) is 18.7 Å². The number of carbonyl (C=O) groups excluding carboxylic acids is 1. The zero-order valence-corrected chi connectivity index (χ0v) is 10.8. The Morgan fingerprint density at radius 2 is 2.21 bits per heavy atom. The summed E-state index contributed by atoms with van der Waals surface area (Å²) in [4.78, 5) is 22.0. The van der Waals surface area contributed by atoms with Gasteiger partial charge in [0.2, 0.25) is 5.91 Å². The summed E-state index contributed by atoms with van der Waals surface area (Å²) in [5, 5.41) is 25.6. The second-order valence-electron chi connectivity index (χ2n) is 4.16. The lowest BCUT2D eigenvalue weighted by atomic mass is 10.1. The zero-order chi connectivity index (χ0) is 14.4. The number of phenols is 1. The summed E-state index contributed by atoms with van der Waals surface area (Å²) in [5.74, 6) is -0.839. The molecular formula is C12H17N3O4. The van der Waals surface area contributed by atoms with E-state index in [4.69, 9.17) is 0 Å². The fraction of sp³-hybridized carbons (Fsp3) is 0.417. The maximum absolute atomic E-state index is 11.8. The molecule has 0 fully saturated rings. The minimum Gasteiger partial charge on any atom is -0.508 e. The molecule has 1 aromatic rings. The predicted molar refractivity (Wildman–Crippen MR) is 71.1 cm³/mol. The van der Waals surface area contributed by atoms with E-state index in [0.29, 0.717) is 6.54 Å². The summed E-state index contributed by atoms with van der Waals surface area (Å²) in [5.41, 5.74) is -0.250. The van der Waals surface area contributed by atoms with Crippen molar-refractivity contribution in [1.82, 2.24) is 5.32 Å². The summed E-state index contributed by atoms with van der Waals surface area (Å²) >= 11 is 0. The van der Waals surface area contributed by atoms with Crippen LogP contribution < -0.4 is 10.6 Å². The third-order valence-electron chi connectivity index (χ3n) is 2.58. The van der Waals surface area contributed by atoms with Crippen molar-refractivity contribution in [2.75, 3.05) is 18.4 Å². The summed E-state index contributed by atoms with van der Waals surface area (Å²) in [6, 6.07) is 3.60. The lowest BCUT2D eigenvalue weighted by Gasteiger charge is -2.12. The van der Waals surface area contributed by atoms with Crippen LogP contribution in [0.25, 0.3) is 0 Å². The van der Waals surface area contributed by atoms with E-state index in [1.807, 2.05) is 6.92 Å². The zero-order valence-electron chi connectivity index (χ0n) is 10.8. The van der Waals surface area contributed by atoms with E-state index in [-0.39, 0.29) is 28.9 Å². The molecule has 7 heteroatoms. The second kappa shape index (κ2) is 6.69. The van der Waals surface area contributed by atoms with E-state index in [0.717, 1.165) is 12.6 Å². The third-order valence-corrected chi connectivity index (χ3v) is 2.58. The highest BCUT2D eigenvalue weighted by molar-refractivity contribution is 5.94. The molecule has 0 radical (unpaired) electrons. The molecule has 0 spiro atoms. The molecule has 0 saturated carbocycles. The van der Waals surface area contributed by atoms with Crippen LogP contribution in [0, 0.1) is 16.0 Å². The van der Waals surface area contributed by atoms with Gasteiger partial charge in [-0.15, -0.1) is 0 Å². The minimum atomic E-state index is -0.649. The van der Waals surface area contributed by atoms with Crippen molar-refractivity contribution in [2.24, 2.45) is 5.92 Å². The molecule has 1 rings (SSSR count). The van der Waals surface area contributed by atoms with Crippen molar-refractivity contribution in [3.8, 4) is 5.75 Å². The SMILES string of the molecule is CCNCC(C)C(=O)Nc1ccc(O)cc1[N+](=O)[O-]. The van der Waals surface area contributed by atoms with Crippen molar-refractivity contribution in [3.63, 3.8) is 0 Å². The smallest absolute Gasteiger partial charge is 0.296 e. The number of anilines is 1. The average molecular weight is 267 g/mol. The molecule has 0 aliphatic carbocycles. The van der Waals surface area contributed by atoms with Crippen LogP contribution in [-0.4, -0.2) is 29.0 Å². The maximum atomic E-state index is 11.8. The number of carbonyl (C=O) groups is 1. The van der Waals surface area contributed by atoms with Crippen LogP contribution in [0.1, 0.15) is 13.8 Å². The fourth-order valence-electron chi connectivity index (χ4n) is 1.49. The number of aromatic hydroxyl groups is 1. The van der Waals surface area contributed by atoms with Gasteiger partial charge < -0.3 is 15.7 Å². The fourth-order valence-corrected chi connectivity index (χ4v) is 1.49. The molecule has 0 bridgehead atoms. The number of amides is 1. The Bertz CT molecular complexity index is 476. The van der Waals surface area contributed by atoms with Crippen molar-refractivity contribution in [1.29, 1.82) is 0 Å². The van der Waals surface area contributed by atoms with E-state index < -0.39 is 4.92 Å². The molecule has 0 aliphatic rings. The quantitative estimate of drug-likeness (QED) is 0.411. The lowest BCUT2D eigenvalue weighted by molar-refractivity contribution is -0.384. The molecule has 7 nitrogen and oxygen atoms in total. The number of nitro groups is 1. The number of nitrogens with zero attached hydrogens (tertiary/aromatic N) is 1. The second-order valence-corrected chi connectivity index (χ2v) is 4.16. The molecule has 0 heterocycles. The van der Waals surface area contributed by atoms with Crippen LogP contribution in [0.3, 0.4) is 0 Å². The molecule has 3 N–H and O–H groups in total. The van der Waals surface area contributed by atoms with E-state index in [1.54, 1.807) is 6.92 Å². The maximum Gasteiger partial charge on any atom is 0.296 e. The first-order chi connectivity index (χ1) is 8.95. The summed E-state index contributed by atoms with van der Waals surface area (Å²) in [6.07, 6.45) is 0. The molecule has 1 atom stereocenters. The Balaban J connectivity index is 2.81. The number of nitro benzene ring substituents is 1. The van der Waals surface area contributed by atoms with Crippen molar-refractivity contribution in [3.05, 3.63) is 28.3 Å². The standard InChI is InChI=1S/C12H17N3O4/c1-3-13-7-8(2)12(17)14-10-5-4-9(16)6-11(10)15(18)19/h4-6,8,13,16H,3,7H2,1-2H3,(H,14,17). The van der Waals surface area contributed by atoms with Crippen LogP contribution in [0.4, 0.5) is 11.4 Å². The molecule has 1 unspecified atom stereocenters. The van der Waals surface area contributed by atoms with E-state index in [2.05, 4.69) is 10.6 Å². The molecule has 19 heavy (non-hydrogen) atoms. The van der Waals surface area contributed by atoms with Crippen molar-refractivity contribution < 1.29 is 14.8 Å². The Kier molecular flexibility index (Phi) is 5.25. The number of hydrogen-bond acceptors (Lipinski definition) is 5. The number of rotatable bonds is 6. The van der Waals surface area contributed by atoms with E-state index >= 15 is 0 Å². The van der Waals surface area contributed by atoms with Crippen molar-refractivity contribution in [2.45, 2.75) is 13.8 Å². The van der Waals surface area contributed by atoms with Gasteiger partial charge in [-0.3, -0.25) is 14.9 Å². The van der Waals surface area contributed by atoms with Crippen LogP contribution >= 0.6 is 0 Å². The number of benzene rings is 1. The normalized spacial score (nSPS) is 11.9. The van der Waals surface area contributed by atoms with Crippen LogP contribution in [0.15, 0.2) is 18.2 Å². The van der Waals surface area contributed by atoms with E-state index in [1.165, 1.54) is 12.1 Å². The van der Waals surface area contributed by atoms with Gasteiger partial charge in [-0.1, -0.05) is 13.8 Å². The molecule has 0 aliphatic heterocycles. The summed E-state index contributed by atoms with van der Waals surface area (Å²) < 4.78 is 0. The van der Waals surface area contributed by atoms with Gasteiger partial charge in [-0.25, -0.2) is 0 Å². The van der Waals surface area contributed by atoms with Crippen LogP contribution in [0.5, 0.6) is 5.75 Å². The molecule has 0 aromatic heterocycles. The molecule has 0 saturated heterocycles. The van der Waals surface area contributed by atoms with Gasteiger partial charge in [0.05, 0.1) is 11.0 Å². The van der Waals surface area contributed by atoms with Gasteiger partial charge in [0.1, 0.15) is 11.4 Å². The Hall–Kier alpha value is -2.15. The van der Waals surface area contributed by atoms with Gasteiger partial charge >= 0.3 is 0 Å². The van der Waals surface area contributed by atoms with Gasteiger partial charge in [0, 0.05) is 12.5 Å². The van der Waals surface area contributed by atoms with E-state index in [9.17, 15) is 20.0 Å². The summed E-state index contributed by atoms with van der Waals surface area (Å²) in [7, 11) is 0. The first-order valence-electron chi connectivity index (χ1n) is 5.94. The summed E-state index contributed by atoms with van der Waals surface area (Å²) in [6.45, 7) is 4.89. The molecular weight excluding hydrogens is 250 g/mol. The lowest BCUT2D eigenvalue weighted by Crippen LogP contribution is -2.30. The minimum absolute atomic E-state index is 0.0798. The Labute approximate surface area is 110 Å². The Morgan fingerprint density at radius 1 is 1.53 bits per heavy atom. The predicted octanol–water partition coefficient (Wildman–Crippen LogP) is 1.48. The number of phenolic OH excluding ortho intramolecular Hbond substituents is 1. The molecule has 1 aromatic carbocycles. The highest BCUT2D eigenvalue weighted by Crippen LogP contribution is 2.28. The largest absolute Gasteiger partial charge is 0.508 e. The highest BCUT2D eigenvalue weighted by atomic mass is 16.6. The Morgan fingerprint density at radius 3 is 2.79 bits per heavy atom. The number of hydrogen-bond donors (Lipinski definition) is 3. The molecule has 104 valence electrons. The topological polar surface area (TPSA) is 104 Å². The third kappa shape index (κ3) is 4.22. The average Bonchev–Trinajstić information content (AvgIpc) is 2.37.